The normalized spacial score (nSPS) is 15.4. The van der Waals surface area contributed by atoms with E-state index in [2.05, 4.69) is 0 Å². The minimum atomic E-state index is -0.0337. The Kier molecular flexibility index (Phi) is 4.46. The van der Waals surface area contributed by atoms with Gasteiger partial charge in [-0.1, -0.05) is 18.2 Å². The van der Waals surface area contributed by atoms with E-state index in [-0.39, 0.29) is 17.7 Å². The summed E-state index contributed by atoms with van der Waals surface area (Å²) in [4.78, 5) is 28.4. The van der Waals surface area contributed by atoms with Crippen molar-refractivity contribution in [2.24, 2.45) is 5.92 Å². The van der Waals surface area contributed by atoms with Crippen LogP contribution in [0.1, 0.15) is 23.2 Å². The van der Waals surface area contributed by atoms with Gasteiger partial charge in [-0.3, -0.25) is 9.59 Å². The quantitative estimate of drug-likeness (QED) is 0.875. The lowest BCUT2D eigenvalue weighted by molar-refractivity contribution is -0.123. The summed E-state index contributed by atoms with van der Waals surface area (Å²) in [7, 11) is 1.81. The molecule has 1 fully saturated rings. The van der Waals surface area contributed by atoms with Crippen molar-refractivity contribution < 1.29 is 14.0 Å². The molecule has 0 spiro atoms. The molecule has 0 aliphatic carbocycles. The van der Waals surface area contributed by atoms with E-state index >= 15 is 0 Å². The first kappa shape index (κ1) is 15.3. The average Bonchev–Trinajstić information content (AvgIpc) is 3.15. The van der Waals surface area contributed by atoms with Gasteiger partial charge in [0.15, 0.2) is 0 Å². The summed E-state index contributed by atoms with van der Waals surface area (Å²) >= 11 is 0. The van der Waals surface area contributed by atoms with Gasteiger partial charge in [0, 0.05) is 31.7 Å². The van der Waals surface area contributed by atoms with Crippen LogP contribution in [0.15, 0.2) is 53.3 Å². The van der Waals surface area contributed by atoms with Crippen LogP contribution in [0.4, 0.5) is 5.69 Å². The second kappa shape index (κ2) is 6.69. The van der Waals surface area contributed by atoms with E-state index in [0.29, 0.717) is 31.5 Å². The van der Waals surface area contributed by atoms with Crippen molar-refractivity contribution in [3.63, 3.8) is 0 Å². The molecule has 0 saturated carbocycles. The molecule has 23 heavy (non-hydrogen) atoms. The Morgan fingerprint density at radius 3 is 2.43 bits per heavy atom. The second-order valence-electron chi connectivity index (χ2n) is 5.81. The molecule has 5 nitrogen and oxygen atoms in total. The van der Waals surface area contributed by atoms with Crippen LogP contribution < -0.4 is 4.90 Å². The lowest BCUT2D eigenvalue weighted by Crippen LogP contribution is -2.43. The highest BCUT2D eigenvalue weighted by Crippen LogP contribution is 2.23. The van der Waals surface area contributed by atoms with E-state index in [1.165, 1.54) is 12.5 Å². The first-order valence-electron chi connectivity index (χ1n) is 7.81. The number of rotatable bonds is 3. The summed E-state index contributed by atoms with van der Waals surface area (Å²) in [5.74, 6) is 0.0567. The van der Waals surface area contributed by atoms with E-state index in [1.54, 1.807) is 22.9 Å². The smallest absolute Gasteiger partial charge is 0.257 e. The van der Waals surface area contributed by atoms with Crippen LogP contribution in [0, 0.1) is 5.92 Å². The molecule has 2 heterocycles. The van der Waals surface area contributed by atoms with Gasteiger partial charge in [-0.05, 0) is 31.0 Å². The molecule has 0 N–H and O–H groups in total. The number of carbonyl (C=O) groups excluding carboxylic acids is 2. The third-order valence-corrected chi connectivity index (χ3v) is 4.37. The minimum Gasteiger partial charge on any atom is -0.472 e. The third kappa shape index (κ3) is 3.28. The standard InChI is InChI=1S/C18H20N2O3/c1-19(16-5-3-2-4-6-16)17(21)14-7-10-20(11-8-14)18(22)15-9-12-23-13-15/h2-6,9,12-14H,7-8,10-11H2,1H3. The number of likely N-dealkylation sites (tertiary alicyclic amines) is 1. The number of para-hydroxylation sites is 1. The molecule has 3 rings (SSSR count). The van der Waals surface area contributed by atoms with Crippen LogP contribution in [0.25, 0.3) is 0 Å². The lowest BCUT2D eigenvalue weighted by atomic mass is 9.95. The maximum absolute atomic E-state index is 12.6. The number of piperidine rings is 1. The first-order valence-corrected chi connectivity index (χ1v) is 7.81. The fourth-order valence-corrected chi connectivity index (χ4v) is 2.95. The molecule has 120 valence electrons. The van der Waals surface area contributed by atoms with Crippen LogP contribution in [0.2, 0.25) is 0 Å². The van der Waals surface area contributed by atoms with Crippen molar-refractivity contribution in [1.82, 2.24) is 4.90 Å². The van der Waals surface area contributed by atoms with Crippen molar-refractivity contribution >= 4 is 17.5 Å². The zero-order chi connectivity index (χ0) is 16.2. The summed E-state index contributed by atoms with van der Waals surface area (Å²) in [6.07, 6.45) is 4.35. The van der Waals surface area contributed by atoms with E-state index < -0.39 is 0 Å². The summed E-state index contributed by atoms with van der Waals surface area (Å²) in [6, 6.07) is 11.3. The number of benzene rings is 1. The van der Waals surface area contributed by atoms with Gasteiger partial charge in [-0.2, -0.15) is 0 Å². The minimum absolute atomic E-state index is 0.0268. The van der Waals surface area contributed by atoms with Crippen LogP contribution in [-0.4, -0.2) is 36.9 Å². The Bertz CT molecular complexity index is 659. The number of amides is 2. The van der Waals surface area contributed by atoms with Gasteiger partial charge in [0.2, 0.25) is 5.91 Å². The Balaban J connectivity index is 1.58. The number of hydrogen-bond donors (Lipinski definition) is 0. The predicted molar refractivity (Wildman–Crippen MR) is 87.2 cm³/mol. The molecule has 0 radical (unpaired) electrons. The van der Waals surface area contributed by atoms with Gasteiger partial charge in [0.1, 0.15) is 6.26 Å². The molecule has 5 heteroatoms. The van der Waals surface area contributed by atoms with E-state index in [0.717, 1.165) is 5.69 Å². The van der Waals surface area contributed by atoms with Gasteiger partial charge in [-0.15, -0.1) is 0 Å². The number of carbonyl (C=O) groups is 2. The molecule has 0 unspecified atom stereocenters. The Labute approximate surface area is 135 Å². The zero-order valence-electron chi connectivity index (χ0n) is 13.1. The number of anilines is 1. The van der Waals surface area contributed by atoms with Gasteiger partial charge < -0.3 is 14.2 Å². The van der Waals surface area contributed by atoms with Crippen molar-refractivity contribution in [1.29, 1.82) is 0 Å². The molecule has 0 atom stereocenters. The van der Waals surface area contributed by atoms with E-state index in [1.807, 2.05) is 30.3 Å². The van der Waals surface area contributed by atoms with Crippen LogP contribution in [0.5, 0.6) is 0 Å². The molecule has 0 bridgehead atoms. The van der Waals surface area contributed by atoms with E-state index in [4.69, 9.17) is 4.42 Å². The molecular formula is C18H20N2O3. The third-order valence-electron chi connectivity index (χ3n) is 4.37. The summed E-state index contributed by atoms with van der Waals surface area (Å²) in [6.45, 7) is 1.20. The fraction of sp³-hybridized carbons (Fsp3) is 0.333. The Morgan fingerprint density at radius 2 is 1.83 bits per heavy atom. The highest BCUT2D eigenvalue weighted by atomic mass is 16.3. The summed E-state index contributed by atoms with van der Waals surface area (Å²) in [5, 5.41) is 0. The molecule has 1 aromatic heterocycles. The zero-order valence-corrected chi connectivity index (χ0v) is 13.1. The highest BCUT2D eigenvalue weighted by Gasteiger charge is 2.30. The van der Waals surface area contributed by atoms with Gasteiger partial charge >= 0.3 is 0 Å². The second-order valence-corrected chi connectivity index (χ2v) is 5.81. The topological polar surface area (TPSA) is 53.8 Å². The summed E-state index contributed by atoms with van der Waals surface area (Å²) < 4.78 is 4.96. The van der Waals surface area contributed by atoms with Crippen LogP contribution in [0.3, 0.4) is 0 Å². The average molecular weight is 312 g/mol. The van der Waals surface area contributed by atoms with Crippen molar-refractivity contribution in [2.75, 3.05) is 25.0 Å². The molecule has 1 saturated heterocycles. The first-order chi connectivity index (χ1) is 11.2. The largest absolute Gasteiger partial charge is 0.472 e. The predicted octanol–water partition coefficient (Wildman–Crippen LogP) is 2.79. The van der Waals surface area contributed by atoms with E-state index in [9.17, 15) is 9.59 Å². The van der Waals surface area contributed by atoms with Gasteiger partial charge in [-0.25, -0.2) is 0 Å². The molecule has 1 aliphatic heterocycles. The van der Waals surface area contributed by atoms with Crippen molar-refractivity contribution in [3.8, 4) is 0 Å². The molecule has 2 amide bonds. The molecular weight excluding hydrogens is 292 g/mol. The summed E-state index contributed by atoms with van der Waals surface area (Å²) in [5.41, 5.74) is 1.46. The Hall–Kier alpha value is -2.56. The number of furan rings is 1. The SMILES string of the molecule is CN(C(=O)C1CCN(C(=O)c2ccoc2)CC1)c1ccccc1. The number of nitrogens with zero attached hydrogens (tertiary/aromatic N) is 2. The Morgan fingerprint density at radius 1 is 1.13 bits per heavy atom. The van der Waals surface area contributed by atoms with Crippen molar-refractivity contribution in [2.45, 2.75) is 12.8 Å². The van der Waals surface area contributed by atoms with Gasteiger partial charge in [0.05, 0.1) is 11.8 Å². The molecule has 1 aromatic carbocycles. The molecule has 1 aliphatic rings. The highest BCUT2D eigenvalue weighted by molar-refractivity contribution is 5.96. The lowest BCUT2D eigenvalue weighted by Gasteiger charge is -2.33. The van der Waals surface area contributed by atoms with Crippen LogP contribution in [-0.2, 0) is 4.79 Å². The van der Waals surface area contributed by atoms with Crippen LogP contribution >= 0.6 is 0 Å². The fourth-order valence-electron chi connectivity index (χ4n) is 2.95. The van der Waals surface area contributed by atoms with Crippen molar-refractivity contribution in [3.05, 3.63) is 54.5 Å². The maximum Gasteiger partial charge on any atom is 0.257 e. The maximum atomic E-state index is 12.6. The number of hydrogen-bond acceptors (Lipinski definition) is 3. The monoisotopic (exact) mass is 312 g/mol. The van der Waals surface area contributed by atoms with Gasteiger partial charge in [0.25, 0.3) is 5.91 Å². The molecule has 2 aromatic rings.